The SMILES string of the molecule is CNC(=O)c1ccc(-c2c(-c3cnn(C(C)C)c3)nn3ccc(OC4CCOC4)nc23)nc1. The molecule has 1 atom stereocenters. The third kappa shape index (κ3) is 4.05. The van der Waals surface area contributed by atoms with Crippen molar-refractivity contribution in [1.82, 2.24) is 34.7 Å². The molecule has 4 aromatic heterocycles. The molecule has 1 saturated heterocycles. The Morgan fingerprint density at radius 3 is 2.82 bits per heavy atom. The molecule has 0 saturated carbocycles. The Labute approximate surface area is 190 Å². The van der Waals surface area contributed by atoms with Gasteiger partial charge in [-0.25, -0.2) is 4.52 Å². The van der Waals surface area contributed by atoms with E-state index in [0.717, 1.165) is 17.5 Å². The van der Waals surface area contributed by atoms with Crippen LogP contribution in [0, 0.1) is 0 Å². The Balaban J connectivity index is 1.63. The van der Waals surface area contributed by atoms with Gasteiger partial charge in [0.05, 0.1) is 36.2 Å². The number of nitrogens with zero attached hydrogens (tertiary/aromatic N) is 6. The van der Waals surface area contributed by atoms with E-state index >= 15 is 0 Å². The van der Waals surface area contributed by atoms with Gasteiger partial charge in [0.25, 0.3) is 5.91 Å². The Hall–Kier alpha value is -3.79. The smallest absolute Gasteiger partial charge is 0.252 e. The lowest BCUT2D eigenvalue weighted by Gasteiger charge is -2.10. The van der Waals surface area contributed by atoms with Crippen molar-refractivity contribution < 1.29 is 14.3 Å². The fourth-order valence-corrected chi connectivity index (χ4v) is 3.76. The standard InChI is InChI=1S/C23H25N7O3/c1-14(2)30-12-16(11-26-30)21-20(18-5-4-15(10-25-18)23(31)24-3)22-27-19(6-8-29(22)28-21)33-17-7-9-32-13-17/h4-6,8,10-12,14,17H,7,9,13H2,1-3H3,(H,24,31). The zero-order valence-electron chi connectivity index (χ0n) is 18.7. The fraction of sp³-hybridized carbons (Fsp3) is 0.348. The highest BCUT2D eigenvalue weighted by Crippen LogP contribution is 2.34. The second-order valence-corrected chi connectivity index (χ2v) is 8.18. The van der Waals surface area contributed by atoms with Crippen LogP contribution < -0.4 is 10.1 Å². The van der Waals surface area contributed by atoms with Gasteiger partial charge in [-0.15, -0.1) is 0 Å². The highest BCUT2D eigenvalue weighted by atomic mass is 16.5. The average Bonchev–Trinajstić information content (AvgIpc) is 3.58. The van der Waals surface area contributed by atoms with Gasteiger partial charge in [0, 0.05) is 49.7 Å². The van der Waals surface area contributed by atoms with Crippen molar-refractivity contribution in [1.29, 1.82) is 0 Å². The topological polar surface area (TPSA) is 108 Å². The lowest BCUT2D eigenvalue weighted by Crippen LogP contribution is -2.17. The van der Waals surface area contributed by atoms with Crippen molar-refractivity contribution in [3.63, 3.8) is 0 Å². The summed E-state index contributed by atoms with van der Waals surface area (Å²) in [6.07, 6.45) is 7.95. The highest BCUT2D eigenvalue weighted by Gasteiger charge is 2.23. The molecule has 170 valence electrons. The molecule has 0 bridgehead atoms. The maximum absolute atomic E-state index is 12.0. The minimum absolute atomic E-state index is 0.0139. The zero-order chi connectivity index (χ0) is 22.9. The second kappa shape index (κ2) is 8.62. The van der Waals surface area contributed by atoms with E-state index in [1.54, 1.807) is 42.2 Å². The van der Waals surface area contributed by atoms with E-state index in [4.69, 9.17) is 19.6 Å². The van der Waals surface area contributed by atoms with Crippen molar-refractivity contribution in [2.75, 3.05) is 20.3 Å². The first-order valence-corrected chi connectivity index (χ1v) is 10.9. The number of amides is 1. The van der Waals surface area contributed by atoms with Gasteiger partial charge in [-0.2, -0.15) is 15.2 Å². The molecule has 10 heteroatoms. The molecule has 1 fully saturated rings. The summed E-state index contributed by atoms with van der Waals surface area (Å²) in [6.45, 7) is 5.38. The van der Waals surface area contributed by atoms with Crippen LogP contribution in [0.5, 0.6) is 5.88 Å². The number of fused-ring (bicyclic) bond motifs is 1. The number of hydrogen-bond acceptors (Lipinski definition) is 7. The lowest BCUT2D eigenvalue weighted by molar-refractivity contribution is 0.0962. The fourth-order valence-electron chi connectivity index (χ4n) is 3.76. The number of carbonyl (C=O) groups is 1. The van der Waals surface area contributed by atoms with Crippen LogP contribution in [0.4, 0.5) is 0 Å². The summed E-state index contributed by atoms with van der Waals surface area (Å²) < 4.78 is 15.0. The lowest BCUT2D eigenvalue weighted by atomic mass is 10.1. The molecule has 0 radical (unpaired) electrons. The summed E-state index contributed by atoms with van der Waals surface area (Å²) in [5.41, 5.74) is 4.04. The van der Waals surface area contributed by atoms with Gasteiger partial charge < -0.3 is 14.8 Å². The van der Waals surface area contributed by atoms with Crippen molar-refractivity contribution >= 4 is 11.6 Å². The van der Waals surface area contributed by atoms with Crippen LogP contribution in [0.15, 0.2) is 43.0 Å². The quantitative estimate of drug-likeness (QED) is 0.484. The van der Waals surface area contributed by atoms with Gasteiger partial charge >= 0.3 is 0 Å². The molecule has 0 aromatic carbocycles. The van der Waals surface area contributed by atoms with Gasteiger partial charge in [-0.3, -0.25) is 14.5 Å². The molecule has 0 spiro atoms. The first-order valence-electron chi connectivity index (χ1n) is 10.9. The number of rotatable bonds is 6. The monoisotopic (exact) mass is 447 g/mol. The van der Waals surface area contributed by atoms with Crippen LogP contribution in [0.3, 0.4) is 0 Å². The van der Waals surface area contributed by atoms with E-state index in [2.05, 4.69) is 29.2 Å². The molecule has 33 heavy (non-hydrogen) atoms. The van der Waals surface area contributed by atoms with E-state index in [1.807, 2.05) is 17.1 Å². The van der Waals surface area contributed by atoms with E-state index < -0.39 is 0 Å². The Bertz CT molecular complexity index is 1290. The molecule has 1 aliphatic heterocycles. The molecular formula is C23H25N7O3. The largest absolute Gasteiger partial charge is 0.472 e. The van der Waals surface area contributed by atoms with Crippen molar-refractivity contribution in [3.05, 3.63) is 48.5 Å². The number of ether oxygens (including phenoxy) is 2. The first-order chi connectivity index (χ1) is 16.0. The van der Waals surface area contributed by atoms with Crippen molar-refractivity contribution in [3.8, 4) is 28.4 Å². The van der Waals surface area contributed by atoms with Gasteiger partial charge in [-0.1, -0.05) is 0 Å². The predicted octanol–water partition coefficient (Wildman–Crippen LogP) is 2.76. The molecule has 1 aliphatic rings. The van der Waals surface area contributed by atoms with Gasteiger partial charge in [0.2, 0.25) is 5.88 Å². The third-order valence-electron chi connectivity index (χ3n) is 5.55. The van der Waals surface area contributed by atoms with Crippen molar-refractivity contribution in [2.24, 2.45) is 0 Å². The molecule has 1 unspecified atom stereocenters. The maximum atomic E-state index is 12.0. The maximum Gasteiger partial charge on any atom is 0.252 e. The number of carbonyl (C=O) groups excluding carboxylic acids is 1. The summed E-state index contributed by atoms with van der Waals surface area (Å²) in [5.74, 6) is 0.311. The van der Waals surface area contributed by atoms with Crippen LogP contribution in [-0.2, 0) is 4.74 Å². The van der Waals surface area contributed by atoms with Crippen LogP contribution in [0.25, 0.3) is 28.2 Å². The molecule has 1 N–H and O–H groups in total. The molecule has 4 aromatic rings. The Kier molecular flexibility index (Phi) is 5.51. The molecule has 5 rings (SSSR count). The highest BCUT2D eigenvalue weighted by molar-refractivity contribution is 5.95. The van der Waals surface area contributed by atoms with E-state index in [-0.39, 0.29) is 18.1 Å². The van der Waals surface area contributed by atoms with E-state index in [1.165, 1.54) is 0 Å². The molecular weight excluding hydrogens is 422 g/mol. The molecule has 1 amide bonds. The third-order valence-corrected chi connectivity index (χ3v) is 5.55. The summed E-state index contributed by atoms with van der Waals surface area (Å²) in [4.78, 5) is 21.3. The van der Waals surface area contributed by atoms with Crippen LogP contribution in [0.2, 0.25) is 0 Å². The normalized spacial score (nSPS) is 15.9. The van der Waals surface area contributed by atoms with Crippen LogP contribution in [0.1, 0.15) is 36.7 Å². The average molecular weight is 447 g/mol. The number of pyridine rings is 1. The first kappa shape index (κ1) is 21.1. The van der Waals surface area contributed by atoms with Gasteiger partial charge in [0.15, 0.2) is 5.65 Å². The Morgan fingerprint density at radius 2 is 2.15 bits per heavy atom. The number of nitrogens with one attached hydrogen (secondary N) is 1. The second-order valence-electron chi connectivity index (χ2n) is 8.18. The molecule has 10 nitrogen and oxygen atoms in total. The zero-order valence-corrected chi connectivity index (χ0v) is 18.7. The summed E-state index contributed by atoms with van der Waals surface area (Å²) in [7, 11) is 1.59. The van der Waals surface area contributed by atoms with Crippen molar-refractivity contribution in [2.45, 2.75) is 32.4 Å². The summed E-state index contributed by atoms with van der Waals surface area (Å²) >= 11 is 0. The van der Waals surface area contributed by atoms with Crippen LogP contribution >= 0.6 is 0 Å². The molecule has 0 aliphatic carbocycles. The molecule has 5 heterocycles. The minimum Gasteiger partial charge on any atom is -0.472 e. The van der Waals surface area contributed by atoms with E-state index in [9.17, 15) is 4.79 Å². The Morgan fingerprint density at radius 1 is 1.27 bits per heavy atom. The van der Waals surface area contributed by atoms with E-state index in [0.29, 0.717) is 41.7 Å². The number of hydrogen-bond donors (Lipinski definition) is 1. The van der Waals surface area contributed by atoms with Gasteiger partial charge in [-0.05, 0) is 26.0 Å². The minimum atomic E-state index is -0.194. The predicted molar refractivity (Wildman–Crippen MR) is 121 cm³/mol. The summed E-state index contributed by atoms with van der Waals surface area (Å²) in [6, 6.07) is 5.56. The van der Waals surface area contributed by atoms with Crippen LogP contribution in [-0.4, -0.2) is 61.6 Å². The summed E-state index contributed by atoms with van der Waals surface area (Å²) in [5, 5.41) is 11.9. The number of aromatic nitrogens is 6. The van der Waals surface area contributed by atoms with Gasteiger partial charge in [0.1, 0.15) is 11.8 Å².